The van der Waals surface area contributed by atoms with Gasteiger partial charge in [0.05, 0.1) is 6.61 Å². The van der Waals surface area contributed by atoms with E-state index in [0.29, 0.717) is 18.7 Å². The molecule has 1 aromatic carbocycles. The normalized spacial score (nSPS) is 11.1. The topological polar surface area (TPSA) is 23.5 Å². The van der Waals surface area contributed by atoms with Crippen LogP contribution in [0.3, 0.4) is 0 Å². The molecule has 2 nitrogen and oxygen atoms in total. The summed E-state index contributed by atoms with van der Waals surface area (Å²) in [4.78, 5) is 1.90. The summed E-state index contributed by atoms with van der Waals surface area (Å²) < 4.78 is 26.3. The van der Waals surface area contributed by atoms with Crippen molar-refractivity contribution < 1.29 is 13.9 Å². The fraction of sp³-hybridized carbons (Fsp3) is 0.500. The van der Waals surface area contributed by atoms with Crippen molar-refractivity contribution in [2.24, 2.45) is 0 Å². The molecule has 0 amide bonds. The van der Waals surface area contributed by atoms with Gasteiger partial charge in [0, 0.05) is 18.7 Å². The van der Waals surface area contributed by atoms with Crippen LogP contribution in [0.1, 0.15) is 18.9 Å². The standard InChI is InChI=1S/C12H17F2NO/c1-2-6-15(7-8-16)9-10-4-3-5-11(13)12(10)14/h3-5,16H,2,6-9H2,1H3. The minimum absolute atomic E-state index is 0.0247. The quantitative estimate of drug-likeness (QED) is 0.808. The summed E-state index contributed by atoms with van der Waals surface area (Å²) in [7, 11) is 0. The molecule has 4 heteroatoms. The van der Waals surface area contributed by atoms with Crippen molar-refractivity contribution in [2.45, 2.75) is 19.9 Å². The van der Waals surface area contributed by atoms with Crippen molar-refractivity contribution in [3.8, 4) is 0 Å². The summed E-state index contributed by atoms with van der Waals surface area (Å²) in [5.74, 6) is -1.61. The molecule has 1 rings (SSSR count). The van der Waals surface area contributed by atoms with Crippen LogP contribution < -0.4 is 0 Å². The van der Waals surface area contributed by atoms with Crippen LogP contribution in [0.15, 0.2) is 18.2 Å². The maximum atomic E-state index is 13.4. The van der Waals surface area contributed by atoms with Gasteiger partial charge in [-0.1, -0.05) is 19.1 Å². The number of benzene rings is 1. The van der Waals surface area contributed by atoms with E-state index >= 15 is 0 Å². The largest absolute Gasteiger partial charge is 0.395 e. The molecule has 16 heavy (non-hydrogen) atoms. The summed E-state index contributed by atoms with van der Waals surface area (Å²) in [6, 6.07) is 4.17. The van der Waals surface area contributed by atoms with E-state index in [4.69, 9.17) is 5.11 Å². The van der Waals surface area contributed by atoms with Crippen LogP contribution in [0, 0.1) is 11.6 Å². The Morgan fingerprint density at radius 3 is 2.62 bits per heavy atom. The zero-order valence-corrected chi connectivity index (χ0v) is 9.42. The van der Waals surface area contributed by atoms with E-state index in [2.05, 4.69) is 0 Å². The second-order valence-corrected chi connectivity index (χ2v) is 3.71. The first kappa shape index (κ1) is 13.1. The average molecular weight is 229 g/mol. The van der Waals surface area contributed by atoms with Crippen molar-refractivity contribution in [3.05, 3.63) is 35.4 Å². The number of aliphatic hydroxyl groups excluding tert-OH is 1. The summed E-state index contributed by atoms with van der Waals surface area (Å²) >= 11 is 0. The van der Waals surface area contributed by atoms with Gasteiger partial charge in [-0.25, -0.2) is 8.78 Å². The minimum atomic E-state index is -0.821. The highest BCUT2D eigenvalue weighted by atomic mass is 19.2. The monoisotopic (exact) mass is 229 g/mol. The van der Waals surface area contributed by atoms with Gasteiger partial charge in [0.15, 0.2) is 11.6 Å². The van der Waals surface area contributed by atoms with Crippen LogP contribution in [-0.2, 0) is 6.54 Å². The molecule has 0 heterocycles. The molecule has 0 unspecified atom stereocenters. The average Bonchev–Trinajstić information content (AvgIpc) is 2.25. The van der Waals surface area contributed by atoms with Crippen molar-refractivity contribution >= 4 is 0 Å². The molecule has 90 valence electrons. The lowest BCUT2D eigenvalue weighted by Gasteiger charge is -2.20. The molecule has 0 saturated carbocycles. The Bertz CT molecular complexity index is 325. The van der Waals surface area contributed by atoms with E-state index in [1.165, 1.54) is 6.07 Å². The molecular formula is C12H17F2NO. The Hall–Kier alpha value is -1.00. The number of halogens is 2. The van der Waals surface area contributed by atoms with Gasteiger partial charge in [-0.15, -0.1) is 0 Å². The van der Waals surface area contributed by atoms with E-state index in [0.717, 1.165) is 19.0 Å². The summed E-state index contributed by atoms with van der Waals surface area (Å²) in [5, 5.41) is 8.86. The predicted octanol–water partition coefficient (Wildman–Crippen LogP) is 2.17. The molecule has 0 fully saturated rings. The first-order valence-corrected chi connectivity index (χ1v) is 5.45. The van der Waals surface area contributed by atoms with Gasteiger partial charge < -0.3 is 5.11 Å². The molecule has 0 radical (unpaired) electrons. The van der Waals surface area contributed by atoms with Gasteiger partial charge in [0.25, 0.3) is 0 Å². The Morgan fingerprint density at radius 2 is 2.00 bits per heavy atom. The van der Waals surface area contributed by atoms with E-state index < -0.39 is 11.6 Å². The second kappa shape index (κ2) is 6.55. The molecular weight excluding hydrogens is 212 g/mol. The fourth-order valence-corrected chi connectivity index (χ4v) is 1.64. The maximum absolute atomic E-state index is 13.4. The Balaban J connectivity index is 2.72. The van der Waals surface area contributed by atoms with Gasteiger partial charge >= 0.3 is 0 Å². The van der Waals surface area contributed by atoms with Crippen LogP contribution in [0.25, 0.3) is 0 Å². The molecule has 0 aromatic heterocycles. The van der Waals surface area contributed by atoms with Crippen molar-refractivity contribution in [2.75, 3.05) is 19.7 Å². The Kier molecular flexibility index (Phi) is 5.35. The molecule has 0 aliphatic heterocycles. The molecule has 0 bridgehead atoms. The zero-order valence-electron chi connectivity index (χ0n) is 9.42. The van der Waals surface area contributed by atoms with Crippen molar-refractivity contribution in [3.63, 3.8) is 0 Å². The number of nitrogens with zero attached hydrogens (tertiary/aromatic N) is 1. The van der Waals surface area contributed by atoms with Crippen LogP contribution in [0.2, 0.25) is 0 Å². The van der Waals surface area contributed by atoms with Gasteiger partial charge in [-0.05, 0) is 19.0 Å². The lowest BCUT2D eigenvalue weighted by molar-refractivity contribution is 0.188. The molecule has 0 saturated heterocycles. The third kappa shape index (κ3) is 3.54. The van der Waals surface area contributed by atoms with Gasteiger partial charge in [-0.3, -0.25) is 4.90 Å². The van der Waals surface area contributed by atoms with Gasteiger partial charge in [-0.2, -0.15) is 0 Å². The maximum Gasteiger partial charge on any atom is 0.163 e. The van der Waals surface area contributed by atoms with Crippen LogP contribution in [0.4, 0.5) is 8.78 Å². The zero-order chi connectivity index (χ0) is 12.0. The number of hydrogen-bond acceptors (Lipinski definition) is 2. The lowest BCUT2D eigenvalue weighted by atomic mass is 10.2. The number of aliphatic hydroxyl groups is 1. The van der Waals surface area contributed by atoms with Crippen molar-refractivity contribution in [1.29, 1.82) is 0 Å². The van der Waals surface area contributed by atoms with Gasteiger partial charge in [0.1, 0.15) is 0 Å². The second-order valence-electron chi connectivity index (χ2n) is 3.71. The van der Waals surface area contributed by atoms with E-state index in [1.807, 2.05) is 11.8 Å². The van der Waals surface area contributed by atoms with E-state index in [9.17, 15) is 8.78 Å². The first-order chi connectivity index (χ1) is 7.69. The Morgan fingerprint density at radius 1 is 1.25 bits per heavy atom. The number of hydrogen-bond donors (Lipinski definition) is 1. The first-order valence-electron chi connectivity index (χ1n) is 5.45. The summed E-state index contributed by atoms with van der Waals surface area (Å²) in [6.07, 6.45) is 0.914. The molecule has 0 spiro atoms. The fourth-order valence-electron chi connectivity index (χ4n) is 1.64. The summed E-state index contributed by atoms with van der Waals surface area (Å²) in [5.41, 5.74) is 0.335. The highest BCUT2D eigenvalue weighted by Crippen LogP contribution is 2.13. The van der Waals surface area contributed by atoms with E-state index in [-0.39, 0.29) is 6.61 Å². The molecule has 1 N–H and O–H groups in total. The van der Waals surface area contributed by atoms with Gasteiger partial charge in [0.2, 0.25) is 0 Å². The smallest absolute Gasteiger partial charge is 0.163 e. The molecule has 0 aliphatic carbocycles. The van der Waals surface area contributed by atoms with Crippen LogP contribution in [0.5, 0.6) is 0 Å². The molecule has 0 aliphatic rings. The summed E-state index contributed by atoms with van der Waals surface area (Å²) in [6.45, 7) is 3.60. The third-order valence-electron chi connectivity index (χ3n) is 2.38. The van der Waals surface area contributed by atoms with Crippen LogP contribution >= 0.6 is 0 Å². The highest BCUT2D eigenvalue weighted by Gasteiger charge is 2.11. The third-order valence-corrected chi connectivity index (χ3v) is 2.38. The predicted molar refractivity (Wildman–Crippen MR) is 59.0 cm³/mol. The minimum Gasteiger partial charge on any atom is -0.395 e. The van der Waals surface area contributed by atoms with Crippen LogP contribution in [-0.4, -0.2) is 29.7 Å². The highest BCUT2D eigenvalue weighted by molar-refractivity contribution is 5.18. The van der Waals surface area contributed by atoms with Crippen molar-refractivity contribution in [1.82, 2.24) is 4.90 Å². The molecule has 0 atom stereocenters. The SMILES string of the molecule is CCCN(CCO)Cc1cccc(F)c1F. The molecule has 1 aromatic rings. The lowest BCUT2D eigenvalue weighted by Crippen LogP contribution is -2.27. The number of rotatable bonds is 6. The van der Waals surface area contributed by atoms with E-state index in [1.54, 1.807) is 6.07 Å². The Labute approximate surface area is 94.5 Å².